The van der Waals surface area contributed by atoms with Crippen molar-refractivity contribution in [3.8, 4) is 0 Å². The Kier molecular flexibility index (Phi) is 5.06. The molecule has 0 aromatic heterocycles. The number of benzene rings is 1. The number of hydrogen-bond donors (Lipinski definition) is 3. The van der Waals surface area contributed by atoms with Gasteiger partial charge in [-0.2, -0.15) is 0 Å². The fourth-order valence-corrected chi connectivity index (χ4v) is 2.75. The molecular weight excluding hydrogens is 338 g/mol. The molecule has 1 aliphatic heterocycles. The van der Waals surface area contributed by atoms with Crippen molar-refractivity contribution < 1.29 is 24.3 Å². The second-order valence-electron chi connectivity index (χ2n) is 7.54. The van der Waals surface area contributed by atoms with Gasteiger partial charge in [-0.3, -0.25) is 14.5 Å². The molecule has 0 spiro atoms. The zero-order chi connectivity index (χ0) is 19.8. The third-order valence-corrected chi connectivity index (χ3v) is 4.03. The summed E-state index contributed by atoms with van der Waals surface area (Å²) < 4.78 is 0. The molecule has 3 N–H and O–H groups in total. The molecule has 1 aliphatic rings. The van der Waals surface area contributed by atoms with Crippen LogP contribution >= 0.6 is 0 Å². The van der Waals surface area contributed by atoms with Crippen molar-refractivity contribution in [1.82, 2.24) is 10.2 Å². The van der Waals surface area contributed by atoms with E-state index in [0.29, 0.717) is 5.69 Å². The maximum Gasteiger partial charge on any atom is 0.326 e. The van der Waals surface area contributed by atoms with Gasteiger partial charge in [-0.25, -0.2) is 9.59 Å². The van der Waals surface area contributed by atoms with Gasteiger partial charge in [0.2, 0.25) is 0 Å². The molecule has 8 heteroatoms. The standard InChI is InChI=1S/C18H23N3O5/c1-9(2)13(16(24)25)20-17(26)19-10-6-7-11-12(8-10)15(23)21(14(11)22)18(3,4)5/h6-9,13H,1-5H3,(H,24,25)(H2,19,20,26). The third-order valence-electron chi connectivity index (χ3n) is 4.03. The highest BCUT2D eigenvalue weighted by atomic mass is 16.4. The first-order valence-corrected chi connectivity index (χ1v) is 8.26. The van der Waals surface area contributed by atoms with Gasteiger partial charge in [0.15, 0.2) is 0 Å². The molecule has 140 valence electrons. The summed E-state index contributed by atoms with van der Waals surface area (Å²) in [6, 6.07) is 2.67. The minimum Gasteiger partial charge on any atom is -0.480 e. The maximum atomic E-state index is 12.5. The lowest BCUT2D eigenvalue weighted by molar-refractivity contribution is -0.140. The van der Waals surface area contributed by atoms with Gasteiger partial charge >= 0.3 is 12.0 Å². The van der Waals surface area contributed by atoms with Crippen LogP contribution in [0.2, 0.25) is 0 Å². The molecule has 1 atom stereocenters. The van der Waals surface area contributed by atoms with Gasteiger partial charge in [0.1, 0.15) is 6.04 Å². The molecule has 0 saturated heterocycles. The first-order valence-electron chi connectivity index (χ1n) is 8.26. The number of hydrogen-bond acceptors (Lipinski definition) is 4. The highest BCUT2D eigenvalue weighted by Crippen LogP contribution is 2.30. The van der Waals surface area contributed by atoms with Crippen LogP contribution in [0.4, 0.5) is 10.5 Å². The molecule has 1 aromatic carbocycles. The molecule has 1 unspecified atom stereocenters. The van der Waals surface area contributed by atoms with Crippen molar-refractivity contribution >= 4 is 29.5 Å². The van der Waals surface area contributed by atoms with Crippen molar-refractivity contribution in [1.29, 1.82) is 0 Å². The summed E-state index contributed by atoms with van der Waals surface area (Å²) in [5, 5.41) is 14.0. The Morgan fingerprint density at radius 3 is 2.15 bits per heavy atom. The predicted octanol–water partition coefficient (Wildman–Crippen LogP) is 2.31. The number of carboxylic acids is 1. The predicted molar refractivity (Wildman–Crippen MR) is 95.1 cm³/mol. The second kappa shape index (κ2) is 6.78. The Morgan fingerprint density at radius 1 is 1.08 bits per heavy atom. The molecular formula is C18H23N3O5. The number of aliphatic carboxylic acids is 1. The van der Waals surface area contributed by atoms with Gasteiger partial charge in [0.05, 0.1) is 11.1 Å². The topological polar surface area (TPSA) is 116 Å². The molecule has 1 aromatic rings. The fraction of sp³-hybridized carbons (Fsp3) is 0.444. The van der Waals surface area contributed by atoms with E-state index in [4.69, 9.17) is 5.11 Å². The summed E-state index contributed by atoms with van der Waals surface area (Å²) in [6.07, 6.45) is 0. The van der Waals surface area contributed by atoms with E-state index >= 15 is 0 Å². The summed E-state index contributed by atoms with van der Waals surface area (Å²) in [5.74, 6) is -2.23. The first kappa shape index (κ1) is 19.4. The molecule has 0 radical (unpaired) electrons. The van der Waals surface area contributed by atoms with E-state index in [2.05, 4.69) is 10.6 Å². The number of nitrogens with zero attached hydrogens (tertiary/aromatic N) is 1. The van der Waals surface area contributed by atoms with Crippen LogP contribution in [0, 0.1) is 5.92 Å². The minimum absolute atomic E-state index is 0.210. The quantitative estimate of drug-likeness (QED) is 0.712. The monoisotopic (exact) mass is 361 g/mol. The van der Waals surface area contributed by atoms with E-state index in [0.717, 1.165) is 0 Å². The van der Waals surface area contributed by atoms with Gasteiger partial charge in [0.25, 0.3) is 11.8 Å². The Balaban J connectivity index is 2.20. The van der Waals surface area contributed by atoms with Crippen molar-refractivity contribution in [3.63, 3.8) is 0 Å². The third kappa shape index (κ3) is 3.68. The van der Waals surface area contributed by atoms with Crippen molar-refractivity contribution in [2.45, 2.75) is 46.2 Å². The highest BCUT2D eigenvalue weighted by Gasteiger charge is 2.41. The summed E-state index contributed by atoms with van der Waals surface area (Å²) in [4.78, 5) is 49.4. The molecule has 0 saturated carbocycles. The number of amides is 4. The number of carbonyl (C=O) groups excluding carboxylic acids is 3. The second-order valence-corrected chi connectivity index (χ2v) is 7.54. The van der Waals surface area contributed by atoms with E-state index in [1.165, 1.54) is 23.1 Å². The fourth-order valence-electron chi connectivity index (χ4n) is 2.75. The van der Waals surface area contributed by atoms with Gasteiger partial charge in [-0.1, -0.05) is 13.8 Å². The summed E-state index contributed by atoms with van der Waals surface area (Å²) in [5.41, 5.74) is 0.123. The lowest BCUT2D eigenvalue weighted by atomic mass is 10.1. The van der Waals surface area contributed by atoms with Crippen LogP contribution in [0.15, 0.2) is 18.2 Å². The average molecular weight is 361 g/mol. The molecule has 0 aliphatic carbocycles. The number of imide groups is 1. The number of urea groups is 1. The van der Waals surface area contributed by atoms with Crippen molar-refractivity contribution in [3.05, 3.63) is 29.3 Å². The van der Waals surface area contributed by atoms with Crippen molar-refractivity contribution in [2.75, 3.05) is 5.32 Å². The molecule has 1 heterocycles. The molecule has 26 heavy (non-hydrogen) atoms. The summed E-state index contributed by atoms with van der Waals surface area (Å²) in [6.45, 7) is 8.65. The lowest BCUT2D eigenvalue weighted by Gasteiger charge is -2.29. The first-order chi connectivity index (χ1) is 11.9. The Hall–Kier alpha value is -2.90. The van der Waals surface area contributed by atoms with Crippen LogP contribution < -0.4 is 10.6 Å². The number of fused-ring (bicyclic) bond motifs is 1. The number of anilines is 1. The van der Waals surface area contributed by atoms with Crippen LogP contribution in [0.25, 0.3) is 0 Å². The maximum absolute atomic E-state index is 12.5. The molecule has 4 amide bonds. The van der Waals surface area contributed by atoms with Crippen LogP contribution in [0.1, 0.15) is 55.3 Å². The minimum atomic E-state index is -1.13. The number of carboxylic acid groups (broad SMARTS) is 1. The molecule has 2 rings (SSSR count). The number of rotatable bonds is 4. The SMILES string of the molecule is CC(C)C(NC(=O)Nc1ccc2c(c1)C(=O)N(C(C)(C)C)C2=O)C(=O)O. The van der Waals surface area contributed by atoms with Crippen molar-refractivity contribution in [2.24, 2.45) is 5.92 Å². The zero-order valence-electron chi connectivity index (χ0n) is 15.4. The summed E-state index contributed by atoms with van der Waals surface area (Å²) in [7, 11) is 0. The smallest absolute Gasteiger partial charge is 0.326 e. The largest absolute Gasteiger partial charge is 0.480 e. The van der Waals surface area contributed by atoms with Gasteiger partial charge in [-0.05, 0) is 44.9 Å². The van der Waals surface area contributed by atoms with Crippen LogP contribution in [-0.2, 0) is 4.79 Å². The van der Waals surface area contributed by atoms with E-state index in [9.17, 15) is 19.2 Å². The molecule has 0 fully saturated rings. The van der Waals surface area contributed by atoms with E-state index in [-0.39, 0.29) is 23.0 Å². The molecule has 0 bridgehead atoms. The van der Waals surface area contributed by atoms with Crippen LogP contribution in [0.5, 0.6) is 0 Å². The zero-order valence-corrected chi connectivity index (χ0v) is 15.4. The molecule has 8 nitrogen and oxygen atoms in total. The Bertz CT molecular complexity index is 780. The van der Waals surface area contributed by atoms with Crippen LogP contribution in [-0.4, -0.2) is 45.4 Å². The highest BCUT2D eigenvalue weighted by molar-refractivity contribution is 6.22. The summed E-state index contributed by atoms with van der Waals surface area (Å²) >= 11 is 0. The van der Waals surface area contributed by atoms with E-state index in [1.54, 1.807) is 34.6 Å². The van der Waals surface area contributed by atoms with Gasteiger partial charge < -0.3 is 15.7 Å². The van der Waals surface area contributed by atoms with Crippen LogP contribution in [0.3, 0.4) is 0 Å². The van der Waals surface area contributed by atoms with E-state index in [1.807, 2.05) is 0 Å². The van der Waals surface area contributed by atoms with E-state index < -0.39 is 29.5 Å². The lowest BCUT2D eigenvalue weighted by Crippen LogP contribution is -2.46. The van der Waals surface area contributed by atoms with Gasteiger partial charge in [0, 0.05) is 11.2 Å². The average Bonchev–Trinajstić information content (AvgIpc) is 2.75. The Labute approximate surface area is 151 Å². The normalized spacial score (nSPS) is 15.1. The van der Waals surface area contributed by atoms with Gasteiger partial charge in [-0.15, -0.1) is 0 Å². The Morgan fingerprint density at radius 2 is 1.65 bits per heavy atom. The number of nitrogens with one attached hydrogen (secondary N) is 2. The number of carbonyl (C=O) groups is 4.